The average Bonchev–Trinajstić information content (AvgIpc) is 1.75. The van der Waals surface area contributed by atoms with E-state index in [1.807, 2.05) is 206 Å². The van der Waals surface area contributed by atoms with Crippen molar-refractivity contribution >= 4 is 46.2 Å². The van der Waals surface area contributed by atoms with E-state index in [0.717, 1.165) is 254 Å². The fraction of sp³-hybridized carbons (Fsp3) is 0.351. The van der Waals surface area contributed by atoms with Crippen LogP contribution in [0.3, 0.4) is 0 Å². The molecule has 3 aromatic heterocycles. The lowest BCUT2D eigenvalue weighted by Gasteiger charge is -2.36. The maximum atomic E-state index is 12.3. The Morgan fingerprint density at radius 2 is 0.737 bits per heavy atom. The summed E-state index contributed by atoms with van der Waals surface area (Å²) in [7, 11) is 0. The molecular formula is C94H108ClN13O10. The molecule has 0 radical (unpaired) electrons. The predicted molar refractivity (Wildman–Crippen MR) is 462 cm³/mol. The number of nitrogens with zero attached hydrogens (tertiary/aromatic N) is 12. The van der Waals surface area contributed by atoms with E-state index >= 15 is 0 Å². The maximum Gasteiger partial charge on any atom is 0.223 e. The molecule has 6 fully saturated rings. The zero-order valence-corrected chi connectivity index (χ0v) is 68.4. The first-order chi connectivity index (χ1) is 57.9. The molecule has 118 heavy (non-hydrogen) atoms. The number of aliphatic hydroxyl groups is 1. The van der Waals surface area contributed by atoms with E-state index in [1.54, 1.807) is 0 Å². The Balaban J connectivity index is 0.000000133. The normalized spacial score (nSPS) is 17.4. The minimum Gasteiger partial charge on any atom is -0.455 e. The van der Waals surface area contributed by atoms with E-state index in [4.69, 9.17) is 55.6 Å². The molecule has 8 aromatic carbocycles. The number of ether oxygens (including phenoxy) is 4. The van der Waals surface area contributed by atoms with Crippen molar-refractivity contribution in [2.75, 3.05) is 131 Å². The van der Waals surface area contributed by atoms with Crippen molar-refractivity contribution in [1.82, 2.24) is 45.3 Å². The third kappa shape index (κ3) is 25.2. The molecule has 0 saturated carbocycles. The number of piperidine rings is 2. The van der Waals surface area contributed by atoms with Crippen molar-refractivity contribution in [1.29, 1.82) is 0 Å². The van der Waals surface area contributed by atoms with Crippen molar-refractivity contribution in [3.05, 3.63) is 271 Å². The predicted octanol–water partition coefficient (Wildman–Crippen LogP) is 16.4. The van der Waals surface area contributed by atoms with Crippen LogP contribution in [0.2, 0.25) is 0 Å². The fourth-order valence-corrected chi connectivity index (χ4v) is 15.2. The van der Waals surface area contributed by atoms with Gasteiger partial charge < -0.3 is 67.4 Å². The summed E-state index contributed by atoms with van der Waals surface area (Å²) in [4.78, 5) is 43.6. The quantitative estimate of drug-likeness (QED) is 0.0450. The Bertz CT molecular complexity index is 4720. The van der Waals surface area contributed by atoms with Crippen LogP contribution in [0.1, 0.15) is 86.7 Å². The molecule has 616 valence electrons. The number of nitrogens with one attached hydrogen (secondary N) is 1. The summed E-state index contributed by atoms with van der Waals surface area (Å²) in [5.41, 5.74) is 6.71. The van der Waals surface area contributed by atoms with Crippen LogP contribution in [0.25, 0.3) is 0 Å². The van der Waals surface area contributed by atoms with Gasteiger partial charge in [-0.3, -0.25) is 29.2 Å². The van der Waals surface area contributed by atoms with E-state index in [9.17, 15) is 9.59 Å². The number of amides is 2. The topological polar surface area (TPSA) is 211 Å². The summed E-state index contributed by atoms with van der Waals surface area (Å²) < 4.78 is 40.6. The van der Waals surface area contributed by atoms with Gasteiger partial charge in [0.25, 0.3) is 0 Å². The van der Waals surface area contributed by atoms with Crippen LogP contribution < -0.4 is 43.9 Å². The first kappa shape index (κ1) is 84.3. The molecule has 0 aliphatic carbocycles. The molecule has 2 N–H and O–H groups in total. The Morgan fingerprint density at radius 1 is 0.415 bits per heavy atom. The van der Waals surface area contributed by atoms with Crippen LogP contribution in [0.4, 0.5) is 22.7 Å². The lowest BCUT2D eigenvalue weighted by Crippen LogP contribution is -2.46. The number of piperazine rings is 4. The second-order valence-corrected chi connectivity index (χ2v) is 30.3. The highest BCUT2D eigenvalue weighted by Crippen LogP contribution is 2.38. The summed E-state index contributed by atoms with van der Waals surface area (Å²) in [5.74, 6) is 13.0. The lowest BCUT2D eigenvalue weighted by molar-refractivity contribution is -0.136. The SMILES string of the molecule is C#CCN1CCN(c2ccccc2Oc2ccccc2)CC1.CC1CCCC(=O)N1.CC1CCCC(=O)N1Cc1cc(CN2CCN(c3ccccc3Oc3ccccc3)CC2)on1.ClCc1cc(CN2CCN(c3ccccc3Oc3ccccc3)CC2)on1.OCc1cc(CN2CCN(c3ccccc3Oc3ccccc3)CC2)on1. The number of hydrogen-bond donors (Lipinski definition) is 2. The molecule has 9 heterocycles. The van der Waals surface area contributed by atoms with Crippen LogP contribution in [0, 0.1) is 12.3 Å². The van der Waals surface area contributed by atoms with E-state index < -0.39 is 0 Å². The average molecular weight is 1620 g/mol. The number of para-hydroxylation sites is 12. The van der Waals surface area contributed by atoms with Gasteiger partial charge in [-0.2, -0.15) is 0 Å². The van der Waals surface area contributed by atoms with Crippen LogP contribution in [-0.4, -0.2) is 180 Å². The first-order valence-electron chi connectivity index (χ1n) is 41.1. The molecule has 23 nitrogen and oxygen atoms in total. The number of rotatable bonds is 23. The molecule has 2 unspecified atom stereocenters. The summed E-state index contributed by atoms with van der Waals surface area (Å²) in [6.07, 6.45) is 11.0. The third-order valence-corrected chi connectivity index (χ3v) is 21.7. The molecule has 17 rings (SSSR count). The largest absolute Gasteiger partial charge is 0.455 e. The number of alkyl halides is 1. The van der Waals surface area contributed by atoms with Crippen LogP contribution in [-0.2, 0) is 48.3 Å². The smallest absolute Gasteiger partial charge is 0.223 e. The highest BCUT2D eigenvalue weighted by molar-refractivity contribution is 6.16. The standard InChI is InChI=1S/C27H32N4O3.C21H22ClN3O2.C21H23N3O3.C19H20N2O.C6H11NO/c1-21-8-7-13-27(32)31(21)19-22-18-24(34-28-22)20-29-14-16-30(17-15-29)25-11-5-6-12-26(25)33-23-9-3-2-4-10-23;22-15-17-14-19(27-23-17)16-24-10-12-25(13-11-24)20-8-4-5-9-21(20)26-18-6-2-1-3-7-18;25-16-17-14-19(27-22-17)15-23-10-12-24(13-11-23)20-8-4-5-9-21(20)26-18-6-2-1-3-7-18;1-2-12-20-13-15-21(16-14-20)18-10-6-7-11-19(18)22-17-8-4-3-5-9-17;1-5-3-2-4-6(8)7-5/h2-6,9-12,18,21H,7-8,13-17,19-20H2,1H3;1-9,14H,10-13,15-16H2;1-9,14,25H,10-13,15-16H2;1,3-11H,12-16H2;5H,2-4H2,1H3,(H,7,8). The Labute approximate surface area is 698 Å². The third-order valence-electron chi connectivity index (χ3n) is 21.4. The van der Waals surface area contributed by atoms with Crippen molar-refractivity contribution < 1.29 is 47.2 Å². The van der Waals surface area contributed by atoms with Gasteiger partial charge in [0.2, 0.25) is 11.8 Å². The van der Waals surface area contributed by atoms with Gasteiger partial charge in [0, 0.05) is 148 Å². The molecule has 6 aliphatic heterocycles. The number of hydrogen-bond acceptors (Lipinski definition) is 21. The minimum atomic E-state index is -0.0878. The van der Waals surface area contributed by atoms with Crippen LogP contribution >= 0.6 is 11.6 Å². The monoisotopic (exact) mass is 1610 g/mol. The number of anilines is 4. The van der Waals surface area contributed by atoms with Crippen molar-refractivity contribution in [2.45, 2.75) is 103 Å². The minimum absolute atomic E-state index is 0.0878. The van der Waals surface area contributed by atoms with Crippen LogP contribution in [0.5, 0.6) is 46.0 Å². The number of carbonyl (C=O) groups is 2. The van der Waals surface area contributed by atoms with Gasteiger partial charge >= 0.3 is 0 Å². The number of halogens is 1. The molecule has 0 spiro atoms. The van der Waals surface area contributed by atoms with Crippen LogP contribution in [0.15, 0.2) is 250 Å². The number of terminal acetylenes is 1. The van der Waals surface area contributed by atoms with Gasteiger partial charge in [-0.25, -0.2) is 0 Å². The Hall–Kier alpha value is -11.6. The Morgan fingerprint density at radius 3 is 1.05 bits per heavy atom. The van der Waals surface area contributed by atoms with Gasteiger partial charge in [-0.1, -0.05) is 143 Å². The number of benzene rings is 8. The van der Waals surface area contributed by atoms with Crippen molar-refractivity contribution in [3.63, 3.8) is 0 Å². The van der Waals surface area contributed by atoms with E-state index in [-0.39, 0.29) is 24.5 Å². The summed E-state index contributed by atoms with van der Waals surface area (Å²) in [6, 6.07) is 78.8. The van der Waals surface area contributed by atoms with Crippen molar-refractivity contribution in [3.8, 4) is 58.3 Å². The summed E-state index contributed by atoms with van der Waals surface area (Å²) >= 11 is 5.79. The van der Waals surface area contributed by atoms with E-state index in [2.05, 4.69) is 115 Å². The number of aromatic nitrogens is 3. The summed E-state index contributed by atoms with van der Waals surface area (Å²) in [5, 5.41) is 24.0. The molecule has 2 amide bonds. The second kappa shape index (κ2) is 44.1. The highest BCUT2D eigenvalue weighted by Gasteiger charge is 2.29. The lowest BCUT2D eigenvalue weighted by atomic mass is 10.0. The van der Waals surface area contributed by atoms with Gasteiger partial charge in [-0.15, -0.1) is 18.0 Å². The van der Waals surface area contributed by atoms with Gasteiger partial charge in [0.05, 0.1) is 73.7 Å². The fourth-order valence-electron chi connectivity index (χ4n) is 15.1. The molecular weight excluding hydrogens is 1510 g/mol. The summed E-state index contributed by atoms with van der Waals surface area (Å²) in [6.45, 7) is 22.6. The van der Waals surface area contributed by atoms with E-state index in [1.165, 1.54) is 0 Å². The number of aliphatic hydroxyl groups excluding tert-OH is 1. The first-order valence-corrected chi connectivity index (χ1v) is 41.7. The molecule has 2 atom stereocenters. The molecule has 24 heteroatoms. The van der Waals surface area contributed by atoms with E-state index in [0.29, 0.717) is 37.1 Å². The number of carbonyl (C=O) groups excluding carboxylic acids is 2. The zero-order valence-electron chi connectivity index (χ0n) is 67.6. The van der Waals surface area contributed by atoms with Gasteiger partial charge in [0.15, 0.2) is 40.3 Å². The maximum absolute atomic E-state index is 12.3. The highest BCUT2D eigenvalue weighted by atomic mass is 35.5. The zero-order chi connectivity index (χ0) is 81.5. The van der Waals surface area contributed by atoms with Gasteiger partial charge in [-0.05, 0) is 137 Å². The van der Waals surface area contributed by atoms with Crippen molar-refractivity contribution in [2.24, 2.45) is 0 Å². The molecule has 0 bridgehead atoms. The second-order valence-electron chi connectivity index (χ2n) is 30.1. The Kier molecular flexibility index (Phi) is 31.5. The molecule has 6 aliphatic rings. The molecule has 6 saturated heterocycles. The van der Waals surface area contributed by atoms with Gasteiger partial charge in [0.1, 0.15) is 34.4 Å². The molecule has 11 aromatic rings. The number of likely N-dealkylation sites (tertiary alicyclic amines) is 1.